The van der Waals surface area contributed by atoms with Crippen molar-refractivity contribution in [2.24, 2.45) is 11.3 Å². The summed E-state index contributed by atoms with van der Waals surface area (Å²) in [6.45, 7) is 0. The van der Waals surface area contributed by atoms with Gasteiger partial charge in [-0.15, -0.1) is 0 Å². The highest BCUT2D eigenvalue weighted by molar-refractivity contribution is 5.97. The Morgan fingerprint density at radius 2 is 2.00 bits per heavy atom. The molecule has 2 fully saturated rings. The first-order valence-corrected chi connectivity index (χ1v) is 6.66. The van der Waals surface area contributed by atoms with Crippen molar-refractivity contribution in [3.8, 4) is 0 Å². The third-order valence-electron chi connectivity index (χ3n) is 4.57. The van der Waals surface area contributed by atoms with E-state index in [0.29, 0.717) is 11.6 Å². The number of carbonyl (C=O) groups is 1. The molecule has 3 rings (SSSR count). The molecule has 5 nitrogen and oxygen atoms in total. The van der Waals surface area contributed by atoms with Crippen LogP contribution in [0.25, 0.3) is 0 Å². The lowest BCUT2D eigenvalue weighted by Gasteiger charge is -2.24. The number of hydrogen-bond acceptors (Lipinski definition) is 3. The molecule has 19 heavy (non-hydrogen) atoms. The van der Waals surface area contributed by atoms with E-state index in [1.165, 1.54) is 6.07 Å². The predicted octanol–water partition coefficient (Wildman–Crippen LogP) is 3.11. The number of nitrogens with zero attached hydrogens (tertiary/aromatic N) is 1. The van der Waals surface area contributed by atoms with E-state index in [0.717, 1.165) is 32.1 Å². The minimum absolute atomic E-state index is 0.0400. The Balaban J connectivity index is 1.82. The number of anilines is 1. The standard InChI is InChI=1S/C14H16N2O3/c17-13(14-7-5-10(9-14)6-8-14)15-11-3-1-2-4-12(11)16(18)19/h1-4,10H,5-9H2,(H,15,17). The van der Waals surface area contributed by atoms with Gasteiger partial charge in [-0.2, -0.15) is 0 Å². The minimum atomic E-state index is -0.459. The quantitative estimate of drug-likeness (QED) is 0.670. The zero-order chi connectivity index (χ0) is 13.5. The Morgan fingerprint density at radius 3 is 2.58 bits per heavy atom. The van der Waals surface area contributed by atoms with Gasteiger partial charge in [0.15, 0.2) is 0 Å². The number of carbonyl (C=O) groups excluding carboxylic acids is 1. The second-order valence-electron chi connectivity index (χ2n) is 5.66. The summed E-state index contributed by atoms with van der Waals surface area (Å²) >= 11 is 0. The molecule has 1 aromatic rings. The topological polar surface area (TPSA) is 72.2 Å². The minimum Gasteiger partial charge on any atom is -0.320 e. The van der Waals surface area contributed by atoms with Crippen LogP contribution >= 0.6 is 0 Å². The number of nitrogens with one attached hydrogen (secondary N) is 1. The number of para-hydroxylation sites is 2. The van der Waals surface area contributed by atoms with Gasteiger partial charge in [-0.25, -0.2) is 0 Å². The van der Waals surface area contributed by atoms with Gasteiger partial charge in [0.2, 0.25) is 5.91 Å². The monoisotopic (exact) mass is 260 g/mol. The molecule has 0 aliphatic heterocycles. The molecule has 2 saturated carbocycles. The van der Waals surface area contributed by atoms with E-state index >= 15 is 0 Å². The molecule has 0 heterocycles. The summed E-state index contributed by atoms with van der Waals surface area (Å²) in [6, 6.07) is 6.31. The number of nitro groups is 1. The van der Waals surface area contributed by atoms with Crippen LogP contribution in [0.15, 0.2) is 24.3 Å². The number of fused-ring (bicyclic) bond motifs is 2. The van der Waals surface area contributed by atoms with Crippen LogP contribution in [0.1, 0.15) is 32.1 Å². The summed E-state index contributed by atoms with van der Waals surface area (Å²) in [5.74, 6) is 0.637. The van der Waals surface area contributed by atoms with Gasteiger partial charge in [0, 0.05) is 11.5 Å². The molecule has 1 N–H and O–H groups in total. The van der Waals surface area contributed by atoms with Crippen molar-refractivity contribution in [1.29, 1.82) is 0 Å². The van der Waals surface area contributed by atoms with Gasteiger partial charge in [0.05, 0.1) is 4.92 Å². The van der Waals surface area contributed by atoms with Crippen LogP contribution in [0, 0.1) is 21.4 Å². The van der Waals surface area contributed by atoms with Crippen molar-refractivity contribution in [2.75, 3.05) is 5.32 Å². The Morgan fingerprint density at radius 1 is 1.32 bits per heavy atom. The second-order valence-corrected chi connectivity index (χ2v) is 5.66. The van der Waals surface area contributed by atoms with Crippen molar-refractivity contribution >= 4 is 17.3 Å². The normalized spacial score (nSPS) is 28.3. The lowest BCUT2D eigenvalue weighted by atomic mass is 9.83. The van der Waals surface area contributed by atoms with Crippen LogP contribution in [-0.4, -0.2) is 10.8 Å². The molecule has 100 valence electrons. The molecule has 2 bridgehead atoms. The van der Waals surface area contributed by atoms with Crippen molar-refractivity contribution in [2.45, 2.75) is 32.1 Å². The molecule has 1 aromatic carbocycles. The molecule has 0 radical (unpaired) electrons. The summed E-state index contributed by atoms with van der Waals surface area (Å²) in [7, 11) is 0. The first kappa shape index (κ1) is 12.1. The number of rotatable bonds is 3. The van der Waals surface area contributed by atoms with Crippen LogP contribution in [0.3, 0.4) is 0 Å². The maximum Gasteiger partial charge on any atom is 0.292 e. The average Bonchev–Trinajstić information content (AvgIpc) is 3.01. The fourth-order valence-corrected chi connectivity index (χ4v) is 3.50. The van der Waals surface area contributed by atoms with Crippen LogP contribution < -0.4 is 5.32 Å². The van der Waals surface area contributed by atoms with Crippen LogP contribution in [0.4, 0.5) is 11.4 Å². The van der Waals surface area contributed by atoms with E-state index in [1.807, 2.05) is 0 Å². The lowest BCUT2D eigenvalue weighted by molar-refractivity contribution is -0.383. The molecule has 5 heteroatoms. The van der Waals surface area contributed by atoms with Crippen molar-refractivity contribution < 1.29 is 9.72 Å². The van der Waals surface area contributed by atoms with E-state index in [9.17, 15) is 14.9 Å². The predicted molar refractivity (Wildman–Crippen MR) is 70.7 cm³/mol. The average molecular weight is 260 g/mol. The highest BCUT2D eigenvalue weighted by Crippen LogP contribution is 2.54. The highest BCUT2D eigenvalue weighted by Gasteiger charge is 2.50. The van der Waals surface area contributed by atoms with E-state index in [-0.39, 0.29) is 17.0 Å². The molecule has 0 atom stereocenters. The molecule has 0 saturated heterocycles. The van der Waals surface area contributed by atoms with Crippen LogP contribution in [0.2, 0.25) is 0 Å². The van der Waals surface area contributed by atoms with Gasteiger partial charge in [-0.3, -0.25) is 14.9 Å². The molecule has 1 amide bonds. The van der Waals surface area contributed by atoms with Crippen molar-refractivity contribution in [1.82, 2.24) is 0 Å². The Labute approximate surface area is 111 Å². The zero-order valence-electron chi connectivity index (χ0n) is 10.6. The van der Waals surface area contributed by atoms with Gasteiger partial charge < -0.3 is 5.32 Å². The summed E-state index contributed by atoms with van der Waals surface area (Å²) in [5, 5.41) is 13.7. The molecule has 2 aliphatic rings. The number of benzene rings is 1. The van der Waals surface area contributed by atoms with E-state index in [4.69, 9.17) is 0 Å². The van der Waals surface area contributed by atoms with Crippen molar-refractivity contribution in [3.63, 3.8) is 0 Å². The van der Waals surface area contributed by atoms with Gasteiger partial charge in [-0.1, -0.05) is 12.1 Å². The molecule has 0 aromatic heterocycles. The highest BCUT2D eigenvalue weighted by atomic mass is 16.6. The summed E-state index contributed by atoms with van der Waals surface area (Å²) < 4.78 is 0. The smallest absolute Gasteiger partial charge is 0.292 e. The SMILES string of the molecule is O=C(Nc1ccccc1[N+](=O)[O-])C12CCC(CC1)C2. The zero-order valence-corrected chi connectivity index (χ0v) is 10.6. The fraction of sp³-hybridized carbons (Fsp3) is 0.500. The third-order valence-corrected chi connectivity index (χ3v) is 4.57. The Bertz CT molecular complexity index is 533. The maximum atomic E-state index is 12.4. The Kier molecular flexibility index (Phi) is 2.77. The van der Waals surface area contributed by atoms with Crippen LogP contribution in [-0.2, 0) is 4.79 Å². The van der Waals surface area contributed by atoms with E-state index < -0.39 is 4.92 Å². The second kappa shape index (κ2) is 4.33. The fourth-order valence-electron chi connectivity index (χ4n) is 3.50. The Hall–Kier alpha value is -1.91. The van der Waals surface area contributed by atoms with Gasteiger partial charge in [0.25, 0.3) is 5.69 Å². The van der Waals surface area contributed by atoms with Gasteiger partial charge >= 0.3 is 0 Å². The van der Waals surface area contributed by atoms with Gasteiger partial charge in [0.1, 0.15) is 5.69 Å². The third kappa shape index (κ3) is 1.99. The number of nitro benzene ring substituents is 1. The first-order chi connectivity index (χ1) is 9.11. The van der Waals surface area contributed by atoms with Crippen molar-refractivity contribution in [3.05, 3.63) is 34.4 Å². The maximum absolute atomic E-state index is 12.4. The summed E-state index contributed by atoms with van der Waals surface area (Å²) in [6.07, 6.45) is 5.02. The van der Waals surface area contributed by atoms with Gasteiger partial charge in [-0.05, 0) is 44.1 Å². The number of hydrogen-bond donors (Lipinski definition) is 1. The molecular formula is C14H16N2O3. The lowest BCUT2D eigenvalue weighted by Crippen LogP contribution is -2.32. The molecular weight excluding hydrogens is 244 g/mol. The summed E-state index contributed by atoms with van der Waals surface area (Å²) in [4.78, 5) is 22.9. The molecule has 0 spiro atoms. The van der Waals surface area contributed by atoms with E-state index in [1.54, 1.807) is 18.2 Å². The molecule has 2 aliphatic carbocycles. The van der Waals surface area contributed by atoms with E-state index in [2.05, 4.69) is 5.32 Å². The largest absolute Gasteiger partial charge is 0.320 e. The molecule has 0 unspecified atom stereocenters. The summed E-state index contributed by atoms with van der Waals surface area (Å²) in [5.41, 5.74) is -0.00371. The van der Waals surface area contributed by atoms with Crippen LogP contribution in [0.5, 0.6) is 0 Å². The number of amides is 1. The first-order valence-electron chi connectivity index (χ1n) is 6.66.